The Hall–Kier alpha value is -2.47. The molecule has 0 bridgehead atoms. The zero-order valence-corrected chi connectivity index (χ0v) is 10.6. The van der Waals surface area contributed by atoms with E-state index in [1.54, 1.807) is 12.1 Å². The maximum atomic E-state index is 10.9. The maximum Gasteiger partial charge on any atom is 0.292 e. The molecule has 0 spiro atoms. The summed E-state index contributed by atoms with van der Waals surface area (Å²) in [4.78, 5) is 10.4. The second kappa shape index (κ2) is 4.33. The van der Waals surface area contributed by atoms with Gasteiger partial charge in [-0.2, -0.15) is 4.37 Å². The topological polar surface area (TPSA) is 82.0 Å². The second-order valence-electron chi connectivity index (χ2n) is 4.06. The summed E-state index contributed by atoms with van der Waals surface area (Å²) in [5.41, 5.74) is 7.13. The first-order valence-corrected chi connectivity index (χ1v) is 6.33. The summed E-state index contributed by atoms with van der Waals surface area (Å²) in [7, 11) is 0. The molecule has 0 amide bonds. The van der Waals surface area contributed by atoms with Gasteiger partial charge in [0.05, 0.1) is 15.3 Å². The highest BCUT2D eigenvalue weighted by Crippen LogP contribution is 2.34. The molecule has 94 valence electrons. The molecule has 6 heteroatoms. The number of hydrogen-bond acceptors (Lipinski definition) is 5. The fourth-order valence-corrected chi connectivity index (χ4v) is 2.74. The van der Waals surface area contributed by atoms with Crippen LogP contribution in [0, 0.1) is 10.1 Å². The minimum atomic E-state index is -0.479. The van der Waals surface area contributed by atoms with Gasteiger partial charge in [-0.15, -0.1) is 0 Å². The van der Waals surface area contributed by atoms with Gasteiger partial charge in [-0.05, 0) is 23.7 Å². The summed E-state index contributed by atoms with van der Waals surface area (Å²) in [6.07, 6.45) is 0. The lowest BCUT2D eigenvalue weighted by Gasteiger charge is -2.01. The molecular weight excluding hydrogens is 262 g/mol. The average Bonchev–Trinajstić information content (AvgIpc) is 2.83. The Labute approximate surface area is 112 Å². The largest absolute Gasteiger partial charge is 0.393 e. The number of hydrogen-bond donors (Lipinski definition) is 1. The van der Waals surface area contributed by atoms with Crippen molar-refractivity contribution in [2.75, 3.05) is 5.73 Å². The molecule has 1 heterocycles. The summed E-state index contributed by atoms with van der Waals surface area (Å²) < 4.78 is 5.43. The monoisotopic (exact) mass is 271 g/mol. The number of nitro groups is 1. The first-order valence-electron chi connectivity index (χ1n) is 5.55. The molecule has 0 saturated heterocycles. The van der Waals surface area contributed by atoms with Crippen LogP contribution in [-0.4, -0.2) is 9.30 Å². The highest BCUT2D eigenvalue weighted by Gasteiger charge is 2.15. The molecule has 0 radical (unpaired) electrons. The second-order valence-corrected chi connectivity index (χ2v) is 4.86. The van der Waals surface area contributed by atoms with E-state index >= 15 is 0 Å². The zero-order chi connectivity index (χ0) is 13.4. The van der Waals surface area contributed by atoms with E-state index in [1.807, 2.05) is 24.3 Å². The van der Waals surface area contributed by atoms with E-state index in [9.17, 15) is 10.1 Å². The van der Waals surface area contributed by atoms with Crippen molar-refractivity contribution in [1.29, 1.82) is 0 Å². The predicted molar refractivity (Wildman–Crippen MR) is 76.1 cm³/mol. The number of benzene rings is 2. The van der Waals surface area contributed by atoms with Gasteiger partial charge in [0.25, 0.3) is 5.69 Å². The van der Waals surface area contributed by atoms with Gasteiger partial charge in [0.1, 0.15) is 5.69 Å². The quantitative estimate of drug-likeness (QED) is 0.439. The molecule has 0 aliphatic carbocycles. The Bertz CT molecular complexity index is 782. The number of nitrogen functional groups attached to an aromatic ring is 1. The van der Waals surface area contributed by atoms with E-state index in [2.05, 4.69) is 4.37 Å². The Morgan fingerprint density at radius 2 is 2.00 bits per heavy atom. The number of nitrogens with two attached hydrogens (primary N) is 1. The van der Waals surface area contributed by atoms with Crippen molar-refractivity contribution in [1.82, 2.24) is 4.37 Å². The number of fused-ring (bicyclic) bond motifs is 1. The first kappa shape index (κ1) is 11.6. The van der Waals surface area contributed by atoms with Crippen LogP contribution in [0.4, 0.5) is 11.4 Å². The Balaban J connectivity index is 2.22. The van der Waals surface area contributed by atoms with Gasteiger partial charge >= 0.3 is 0 Å². The fraction of sp³-hybridized carbons (Fsp3) is 0. The normalized spacial score (nSPS) is 10.7. The lowest BCUT2D eigenvalue weighted by molar-refractivity contribution is -0.383. The van der Waals surface area contributed by atoms with Gasteiger partial charge in [0.2, 0.25) is 0 Å². The molecule has 0 atom stereocenters. The Kier molecular flexibility index (Phi) is 2.64. The maximum absolute atomic E-state index is 10.9. The van der Waals surface area contributed by atoms with Gasteiger partial charge in [-0.3, -0.25) is 10.1 Å². The standard InChI is InChI=1S/C13H9N3O2S/c14-10-6-5-8(7-11(10)16(17)18)13-9-3-1-2-4-12(9)19-15-13/h1-7H,14H2. The SMILES string of the molecule is Nc1ccc(-c2nsc3ccccc23)cc1[N+](=O)[O-]. The molecule has 19 heavy (non-hydrogen) atoms. The molecule has 3 rings (SSSR count). The highest BCUT2D eigenvalue weighted by molar-refractivity contribution is 7.13. The highest BCUT2D eigenvalue weighted by atomic mass is 32.1. The fourth-order valence-electron chi connectivity index (χ4n) is 1.94. The number of nitro benzene ring substituents is 1. The van der Waals surface area contributed by atoms with Crippen LogP contribution in [0.15, 0.2) is 42.5 Å². The Morgan fingerprint density at radius 3 is 2.79 bits per heavy atom. The summed E-state index contributed by atoms with van der Waals surface area (Å²) in [6.45, 7) is 0. The van der Waals surface area contributed by atoms with Crippen molar-refractivity contribution >= 4 is 33.0 Å². The molecule has 2 N–H and O–H groups in total. The third-order valence-electron chi connectivity index (χ3n) is 2.88. The third kappa shape index (κ3) is 1.92. The van der Waals surface area contributed by atoms with E-state index < -0.39 is 4.92 Å². The van der Waals surface area contributed by atoms with Crippen molar-refractivity contribution in [2.24, 2.45) is 0 Å². The van der Waals surface area contributed by atoms with E-state index in [1.165, 1.54) is 17.6 Å². The molecule has 3 aromatic rings. The van der Waals surface area contributed by atoms with Crippen LogP contribution in [0.3, 0.4) is 0 Å². The van der Waals surface area contributed by atoms with Crippen LogP contribution in [0.5, 0.6) is 0 Å². The molecular formula is C13H9N3O2S. The van der Waals surface area contributed by atoms with Crippen molar-refractivity contribution in [3.05, 3.63) is 52.6 Å². The minimum absolute atomic E-state index is 0.0884. The van der Waals surface area contributed by atoms with Crippen LogP contribution in [0.2, 0.25) is 0 Å². The van der Waals surface area contributed by atoms with E-state index in [0.717, 1.165) is 15.8 Å². The lowest BCUT2D eigenvalue weighted by atomic mass is 10.1. The van der Waals surface area contributed by atoms with Crippen molar-refractivity contribution in [3.63, 3.8) is 0 Å². The molecule has 0 aliphatic rings. The number of anilines is 1. The predicted octanol–water partition coefficient (Wildman–Crippen LogP) is 3.45. The van der Waals surface area contributed by atoms with Crippen LogP contribution in [0.25, 0.3) is 21.3 Å². The average molecular weight is 271 g/mol. The first-order chi connectivity index (χ1) is 9.16. The molecule has 2 aromatic carbocycles. The molecule has 0 fully saturated rings. The van der Waals surface area contributed by atoms with Gasteiger partial charge in [0, 0.05) is 17.0 Å². The number of nitrogens with zero attached hydrogens (tertiary/aromatic N) is 2. The summed E-state index contributed by atoms with van der Waals surface area (Å²) in [5.74, 6) is 0. The van der Waals surface area contributed by atoms with Crippen molar-refractivity contribution in [2.45, 2.75) is 0 Å². The minimum Gasteiger partial charge on any atom is -0.393 e. The van der Waals surface area contributed by atoms with E-state index in [-0.39, 0.29) is 11.4 Å². The zero-order valence-electron chi connectivity index (χ0n) is 9.74. The molecule has 5 nitrogen and oxygen atoms in total. The number of aromatic nitrogens is 1. The summed E-state index contributed by atoms with van der Waals surface area (Å²) in [5, 5.41) is 11.9. The molecule has 0 aliphatic heterocycles. The van der Waals surface area contributed by atoms with Crippen LogP contribution >= 0.6 is 11.5 Å². The Morgan fingerprint density at radius 1 is 1.21 bits per heavy atom. The van der Waals surface area contributed by atoms with Gasteiger partial charge < -0.3 is 5.73 Å². The molecule has 1 aromatic heterocycles. The smallest absolute Gasteiger partial charge is 0.292 e. The summed E-state index contributed by atoms with van der Waals surface area (Å²) >= 11 is 1.38. The van der Waals surface area contributed by atoms with E-state index in [4.69, 9.17) is 5.73 Å². The molecule has 0 saturated carbocycles. The van der Waals surface area contributed by atoms with Gasteiger partial charge in [-0.1, -0.05) is 24.3 Å². The van der Waals surface area contributed by atoms with E-state index in [0.29, 0.717) is 5.56 Å². The van der Waals surface area contributed by atoms with Crippen LogP contribution in [0.1, 0.15) is 0 Å². The van der Waals surface area contributed by atoms with Gasteiger partial charge in [0.15, 0.2) is 0 Å². The van der Waals surface area contributed by atoms with Crippen LogP contribution < -0.4 is 5.73 Å². The van der Waals surface area contributed by atoms with Gasteiger partial charge in [-0.25, -0.2) is 0 Å². The van der Waals surface area contributed by atoms with Crippen molar-refractivity contribution in [3.8, 4) is 11.3 Å². The lowest BCUT2D eigenvalue weighted by Crippen LogP contribution is -1.95. The summed E-state index contributed by atoms with van der Waals surface area (Å²) in [6, 6.07) is 12.6. The number of rotatable bonds is 2. The van der Waals surface area contributed by atoms with Crippen LogP contribution in [-0.2, 0) is 0 Å². The van der Waals surface area contributed by atoms with Crippen molar-refractivity contribution < 1.29 is 4.92 Å². The molecule has 0 unspecified atom stereocenters. The third-order valence-corrected chi connectivity index (χ3v) is 3.70.